The Balaban J connectivity index is 1.20. The van der Waals surface area contributed by atoms with Gasteiger partial charge in [-0.25, -0.2) is 0 Å². The van der Waals surface area contributed by atoms with Gasteiger partial charge in [-0.3, -0.25) is 0 Å². The molecule has 13 rings (SSSR count). The molecule has 3 heterocycles. The van der Waals surface area contributed by atoms with Gasteiger partial charge in [0.1, 0.15) is 0 Å². The molecular weight excluding hydrogens is 589 g/mol. The summed E-state index contributed by atoms with van der Waals surface area (Å²) in [6.45, 7) is 0.194. The Morgan fingerprint density at radius 1 is 0.653 bits per heavy atom. The number of nitrogens with zero attached hydrogens (tertiary/aromatic N) is 1. The third-order valence-corrected chi connectivity index (χ3v) is 12.5. The first-order chi connectivity index (χ1) is 24.3. The molecule has 2 aliphatic heterocycles. The summed E-state index contributed by atoms with van der Waals surface area (Å²) < 4.78 is 2.62. The van der Waals surface area contributed by atoms with E-state index in [1.165, 1.54) is 116 Å². The van der Waals surface area contributed by atoms with Crippen LogP contribution in [0, 0.1) is 0 Å². The van der Waals surface area contributed by atoms with E-state index in [4.69, 9.17) is 0 Å². The van der Waals surface area contributed by atoms with Crippen LogP contribution in [-0.2, 0) is 6.42 Å². The Bertz CT molecular complexity index is 2950. The highest BCUT2D eigenvalue weighted by molar-refractivity contribution is 6.99. The van der Waals surface area contributed by atoms with Crippen LogP contribution in [-0.4, -0.2) is 11.3 Å². The number of rotatable bonds is 1. The summed E-state index contributed by atoms with van der Waals surface area (Å²) in [6.07, 6.45) is 9.15. The lowest BCUT2D eigenvalue weighted by molar-refractivity contribution is 1.02. The predicted octanol–water partition coefficient (Wildman–Crippen LogP) is 9.26. The molecule has 1 unspecified atom stereocenters. The fraction of sp³-hybridized carbons (Fsp3) is 0.0638. The minimum Gasteiger partial charge on any atom is -0.310 e. The minimum absolute atomic E-state index is 0.194. The van der Waals surface area contributed by atoms with Crippen molar-refractivity contribution in [1.29, 1.82) is 0 Å². The van der Waals surface area contributed by atoms with Crippen LogP contribution in [0.2, 0.25) is 0 Å². The van der Waals surface area contributed by atoms with Crippen molar-refractivity contribution in [3.8, 4) is 27.9 Å². The van der Waals surface area contributed by atoms with Crippen LogP contribution in [0.4, 0.5) is 0 Å². The van der Waals surface area contributed by atoms with E-state index in [1.807, 2.05) is 0 Å². The van der Waals surface area contributed by atoms with Gasteiger partial charge in [0.2, 0.25) is 6.71 Å². The summed E-state index contributed by atoms with van der Waals surface area (Å²) in [7, 11) is 0. The summed E-state index contributed by atoms with van der Waals surface area (Å²) in [4.78, 5) is 0. The molecule has 49 heavy (non-hydrogen) atoms. The highest BCUT2D eigenvalue weighted by Crippen LogP contribution is 2.51. The lowest BCUT2D eigenvalue weighted by Gasteiger charge is -2.37. The molecule has 0 saturated carbocycles. The molecule has 0 saturated heterocycles. The third kappa shape index (κ3) is 2.90. The Morgan fingerprint density at radius 3 is 2.49 bits per heavy atom. The first kappa shape index (κ1) is 25.2. The van der Waals surface area contributed by atoms with Gasteiger partial charge < -0.3 is 4.57 Å². The van der Waals surface area contributed by atoms with Crippen LogP contribution in [0.1, 0.15) is 45.7 Å². The molecular formula is C47H28BN. The Labute approximate surface area is 284 Å². The highest BCUT2D eigenvalue weighted by Gasteiger charge is 2.46. The molecule has 7 aromatic carbocycles. The fourth-order valence-electron chi connectivity index (χ4n) is 10.7. The molecule has 8 aromatic rings. The molecule has 0 N–H and O–H groups in total. The Morgan fingerprint density at radius 2 is 1.49 bits per heavy atom. The van der Waals surface area contributed by atoms with Gasteiger partial charge in [-0.05, 0) is 108 Å². The molecule has 2 heteroatoms. The minimum atomic E-state index is 0.194. The average molecular weight is 618 g/mol. The normalized spacial score (nSPS) is 16.6. The second-order valence-electron chi connectivity index (χ2n) is 14.6. The molecule has 3 aliphatic carbocycles. The van der Waals surface area contributed by atoms with Gasteiger partial charge in [0.15, 0.2) is 0 Å². The van der Waals surface area contributed by atoms with Crippen molar-refractivity contribution in [1.82, 2.24) is 4.57 Å². The van der Waals surface area contributed by atoms with Gasteiger partial charge in [0.05, 0.1) is 5.52 Å². The number of benzene rings is 7. The molecule has 5 aliphatic rings. The highest BCUT2D eigenvalue weighted by atomic mass is 15.0. The lowest BCUT2D eigenvalue weighted by Crippen LogP contribution is -2.60. The summed E-state index contributed by atoms with van der Waals surface area (Å²) >= 11 is 0. The van der Waals surface area contributed by atoms with Crippen molar-refractivity contribution >= 4 is 67.3 Å². The second kappa shape index (κ2) is 8.59. The molecule has 224 valence electrons. The fourth-order valence-corrected chi connectivity index (χ4v) is 10.7. The van der Waals surface area contributed by atoms with E-state index < -0.39 is 0 Å². The molecule has 0 amide bonds. The molecule has 0 radical (unpaired) electrons. The summed E-state index contributed by atoms with van der Waals surface area (Å²) in [5, 5.41) is 5.49. The Kier molecular flexibility index (Phi) is 4.42. The van der Waals surface area contributed by atoms with Gasteiger partial charge in [0, 0.05) is 27.9 Å². The number of aromatic nitrogens is 1. The van der Waals surface area contributed by atoms with Crippen molar-refractivity contribution in [3.63, 3.8) is 0 Å². The van der Waals surface area contributed by atoms with E-state index in [1.54, 1.807) is 0 Å². The van der Waals surface area contributed by atoms with Crippen molar-refractivity contribution in [2.24, 2.45) is 0 Å². The monoisotopic (exact) mass is 617 g/mol. The van der Waals surface area contributed by atoms with Crippen molar-refractivity contribution < 1.29 is 0 Å². The van der Waals surface area contributed by atoms with Crippen LogP contribution in [0.5, 0.6) is 0 Å². The molecule has 0 fully saturated rings. The summed E-state index contributed by atoms with van der Waals surface area (Å²) in [5.41, 5.74) is 24.1. The SMILES string of the molecule is C1=Cc2ccc3ccc(-c4cc5c6c(c4)-n4c7ccccc7c7cccc(c74)B6c4cccc6c4C5c4ccccc4-6)c4c3c2C(=CC4)C1. The maximum Gasteiger partial charge on any atom is 0.247 e. The summed E-state index contributed by atoms with van der Waals surface area (Å²) in [6, 6.07) is 46.9. The first-order valence-corrected chi connectivity index (χ1v) is 17.7. The number of fused-ring (bicyclic) bond motifs is 10. The summed E-state index contributed by atoms with van der Waals surface area (Å²) in [5.74, 6) is 0.219. The maximum absolute atomic E-state index is 2.62. The standard InChI is InChI=1S/C47H28BN/c1-2-12-33-31(10-1)34-13-6-15-38-45(34)44(33)37-24-29(30-22-20-28-19-18-26-8-5-9-27-21-23-35(30)43(28)42(26)27)25-41-46(37)48(38)39-16-7-14-36-32-11-3-4-17-40(32)49(41)47(36)39/h1-8,10-22,24-25,44H,9,23H2. The number of allylic oxidation sites excluding steroid dienone is 3. The van der Waals surface area contributed by atoms with E-state index in [0.29, 0.717) is 0 Å². The Hall–Kier alpha value is -5.86. The topological polar surface area (TPSA) is 4.93 Å². The zero-order valence-corrected chi connectivity index (χ0v) is 26.8. The third-order valence-electron chi connectivity index (χ3n) is 12.5. The number of para-hydroxylation sites is 2. The molecule has 1 aromatic heterocycles. The molecule has 0 bridgehead atoms. The number of hydrogen-bond donors (Lipinski definition) is 0. The van der Waals surface area contributed by atoms with Gasteiger partial charge in [-0.1, -0.05) is 133 Å². The second-order valence-corrected chi connectivity index (χ2v) is 14.6. The number of hydrogen-bond acceptors (Lipinski definition) is 0. The van der Waals surface area contributed by atoms with Gasteiger partial charge in [-0.15, -0.1) is 0 Å². The van der Waals surface area contributed by atoms with Crippen molar-refractivity contribution in [2.45, 2.75) is 18.8 Å². The van der Waals surface area contributed by atoms with Gasteiger partial charge >= 0.3 is 0 Å². The maximum atomic E-state index is 2.62. The zero-order chi connectivity index (χ0) is 31.5. The van der Waals surface area contributed by atoms with Crippen LogP contribution < -0.4 is 16.4 Å². The largest absolute Gasteiger partial charge is 0.310 e. The van der Waals surface area contributed by atoms with Crippen LogP contribution in [0.15, 0.2) is 133 Å². The zero-order valence-electron chi connectivity index (χ0n) is 26.8. The molecule has 1 atom stereocenters. The van der Waals surface area contributed by atoms with Gasteiger partial charge in [0.25, 0.3) is 0 Å². The lowest BCUT2D eigenvalue weighted by atomic mass is 9.31. The molecule has 1 nitrogen and oxygen atoms in total. The van der Waals surface area contributed by atoms with Crippen molar-refractivity contribution in [2.75, 3.05) is 0 Å². The van der Waals surface area contributed by atoms with Crippen LogP contribution in [0.3, 0.4) is 0 Å². The van der Waals surface area contributed by atoms with Gasteiger partial charge in [-0.2, -0.15) is 0 Å². The predicted molar refractivity (Wildman–Crippen MR) is 207 cm³/mol. The van der Waals surface area contributed by atoms with Crippen LogP contribution >= 0.6 is 0 Å². The van der Waals surface area contributed by atoms with E-state index >= 15 is 0 Å². The van der Waals surface area contributed by atoms with E-state index in [2.05, 4.69) is 144 Å². The molecule has 0 spiro atoms. The van der Waals surface area contributed by atoms with E-state index in [0.717, 1.165) is 12.8 Å². The van der Waals surface area contributed by atoms with Crippen molar-refractivity contribution in [3.05, 3.63) is 167 Å². The van der Waals surface area contributed by atoms with E-state index in [9.17, 15) is 0 Å². The van der Waals surface area contributed by atoms with Crippen LogP contribution in [0.25, 0.3) is 72.2 Å². The quantitative estimate of drug-likeness (QED) is 0.162. The smallest absolute Gasteiger partial charge is 0.247 e. The average Bonchev–Trinajstić information content (AvgIpc) is 3.68. The first-order valence-electron chi connectivity index (χ1n) is 17.7. The van der Waals surface area contributed by atoms with E-state index in [-0.39, 0.29) is 12.6 Å².